The van der Waals surface area contributed by atoms with Crippen LogP contribution in [0.2, 0.25) is 5.02 Å². The first-order valence-corrected chi connectivity index (χ1v) is 16.3. The van der Waals surface area contributed by atoms with Crippen LogP contribution in [0.15, 0.2) is 78.9 Å². The molecule has 2 amide bonds. The van der Waals surface area contributed by atoms with Gasteiger partial charge in [0.15, 0.2) is 0 Å². The molecule has 218 valence electrons. The molecule has 9 heteroatoms. The van der Waals surface area contributed by atoms with Crippen molar-refractivity contribution in [2.75, 3.05) is 17.1 Å². The zero-order chi connectivity index (χ0) is 29.4. The highest BCUT2D eigenvalue weighted by Crippen LogP contribution is 2.23. The largest absolute Gasteiger partial charge is 0.352 e. The van der Waals surface area contributed by atoms with Crippen LogP contribution in [0.5, 0.6) is 0 Å². The average Bonchev–Trinajstić information content (AvgIpc) is 2.95. The molecule has 7 nitrogen and oxygen atoms in total. The van der Waals surface area contributed by atoms with Crippen molar-refractivity contribution in [1.82, 2.24) is 10.2 Å². The van der Waals surface area contributed by atoms with Crippen LogP contribution in [-0.2, 0) is 32.6 Å². The van der Waals surface area contributed by atoms with Crippen molar-refractivity contribution < 1.29 is 18.0 Å². The molecule has 1 atom stereocenters. The van der Waals surface area contributed by atoms with Crippen LogP contribution < -0.4 is 9.62 Å². The van der Waals surface area contributed by atoms with Crippen LogP contribution in [0, 0.1) is 6.92 Å². The lowest BCUT2D eigenvalue weighted by Crippen LogP contribution is -2.55. The molecule has 0 heterocycles. The van der Waals surface area contributed by atoms with E-state index in [1.165, 1.54) is 4.90 Å². The molecule has 4 rings (SSSR count). The van der Waals surface area contributed by atoms with Gasteiger partial charge < -0.3 is 10.2 Å². The van der Waals surface area contributed by atoms with Gasteiger partial charge in [0.1, 0.15) is 12.6 Å². The van der Waals surface area contributed by atoms with E-state index in [0.29, 0.717) is 17.1 Å². The Labute approximate surface area is 248 Å². The summed E-state index contributed by atoms with van der Waals surface area (Å²) in [6, 6.07) is 22.9. The number of rotatable bonds is 11. The Morgan fingerprint density at radius 2 is 1.61 bits per heavy atom. The Morgan fingerprint density at radius 3 is 2.24 bits per heavy atom. The molecule has 0 aromatic heterocycles. The molecule has 1 fully saturated rings. The summed E-state index contributed by atoms with van der Waals surface area (Å²) in [5.74, 6) is -0.698. The third-order valence-electron chi connectivity index (χ3n) is 7.46. The Hall–Kier alpha value is -3.36. The summed E-state index contributed by atoms with van der Waals surface area (Å²) in [7, 11) is -3.80. The van der Waals surface area contributed by atoms with Crippen LogP contribution in [0.3, 0.4) is 0 Å². The number of halogens is 1. The lowest BCUT2D eigenvalue weighted by atomic mass is 9.94. The molecule has 0 spiro atoms. The predicted molar refractivity (Wildman–Crippen MR) is 164 cm³/mol. The van der Waals surface area contributed by atoms with Crippen molar-refractivity contribution in [3.05, 3.63) is 101 Å². The third-order valence-corrected chi connectivity index (χ3v) is 8.85. The number of hydrogen-bond acceptors (Lipinski definition) is 4. The van der Waals surface area contributed by atoms with Crippen LogP contribution in [0.1, 0.15) is 48.8 Å². The van der Waals surface area contributed by atoms with Gasteiger partial charge in [0, 0.05) is 24.0 Å². The van der Waals surface area contributed by atoms with Gasteiger partial charge in [-0.3, -0.25) is 13.9 Å². The molecule has 0 saturated heterocycles. The lowest BCUT2D eigenvalue weighted by molar-refractivity contribution is -0.140. The fraction of sp³-hybridized carbons (Fsp3) is 0.375. The smallest absolute Gasteiger partial charge is 0.244 e. The van der Waals surface area contributed by atoms with Gasteiger partial charge in [0.05, 0.1) is 11.9 Å². The van der Waals surface area contributed by atoms with Gasteiger partial charge in [-0.15, -0.1) is 0 Å². The minimum absolute atomic E-state index is 0.0572. The van der Waals surface area contributed by atoms with Crippen LogP contribution in [0.25, 0.3) is 0 Å². The number of nitrogens with one attached hydrogen (secondary N) is 1. The average molecular weight is 596 g/mol. The van der Waals surface area contributed by atoms with Crippen molar-refractivity contribution >= 4 is 39.1 Å². The maximum absolute atomic E-state index is 14.2. The molecular formula is C32H38ClN3O4S. The summed E-state index contributed by atoms with van der Waals surface area (Å²) >= 11 is 6.12. The molecule has 0 unspecified atom stereocenters. The second kappa shape index (κ2) is 14.0. The van der Waals surface area contributed by atoms with E-state index in [2.05, 4.69) is 5.32 Å². The van der Waals surface area contributed by atoms with Crippen LogP contribution >= 0.6 is 11.6 Å². The Morgan fingerprint density at radius 1 is 0.927 bits per heavy atom. The van der Waals surface area contributed by atoms with E-state index in [1.54, 1.807) is 30.3 Å². The van der Waals surface area contributed by atoms with E-state index >= 15 is 0 Å². The number of amides is 2. The first-order chi connectivity index (χ1) is 19.6. The van der Waals surface area contributed by atoms with Gasteiger partial charge >= 0.3 is 0 Å². The summed E-state index contributed by atoms with van der Waals surface area (Å²) in [6.45, 7) is 1.55. The summed E-state index contributed by atoms with van der Waals surface area (Å²) in [5, 5.41) is 3.77. The SMILES string of the molecule is Cc1cccc(N(CC(=O)N(Cc2ccc(Cl)cc2)[C@@H](Cc2ccccc2)C(=O)NC2CCCCC2)S(C)(=O)=O)c1. The van der Waals surface area contributed by atoms with Crippen molar-refractivity contribution in [2.24, 2.45) is 0 Å². The molecule has 3 aromatic rings. The number of benzene rings is 3. The Kier molecular flexibility index (Phi) is 10.5. The minimum Gasteiger partial charge on any atom is -0.352 e. The number of nitrogens with zero attached hydrogens (tertiary/aromatic N) is 2. The van der Waals surface area contributed by atoms with Gasteiger partial charge in [0.2, 0.25) is 21.8 Å². The Balaban J connectivity index is 1.71. The normalized spacial score (nSPS) is 14.7. The number of sulfonamides is 1. The molecule has 41 heavy (non-hydrogen) atoms. The fourth-order valence-electron chi connectivity index (χ4n) is 5.28. The Bertz CT molecular complexity index is 1420. The molecule has 1 aliphatic rings. The van der Waals surface area contributed by atoms with Gasteiger partial charge in [0.25, 0.3) is 0 Å². The van der Waals surface area contributed by atoms with Crippen LogP contribution in [0.4, 0.5) is 5.69 Å². The molecule has 1 saturated carbocycles. The summed E-state index contributed by atoms with van der Waals surface area (Å²) in [6.07, 6.45) is 6.46. The molecule has 0 bridgehead atoms. The topological polar surface area (TPSA) is 86.8 Å². The summed E-state index contributed by atoms with van der Waals surface area (Å²) in [5.41, 5.74) is 2.96. The van der Waals surface area contributed by atoms with Gasteiger partial charge in [-0.2, -0.15) is 0 Å². The molecule has 0 radical (unpaired) electrons. The molecule has 1 N–H and O–H groups in total. The van der Waals surface area contributed by atoms with Crippen molar-refractivity contribution in [3.8, 4) is 0 Å². The molecule has 3 aromatic carbocycles. The van der Waals surface area contributed by atoms with E-state index in [4.69, 9.17) is 11.6 Å². The van der Waals surface area contributed by atoms with Crippen molar-refractivity contribution in [3.63, 3.8) is 0 Å². The maximum Gasteiger partial charge on any atom is 0.244 e. The van der Waals surface area contributed by atoms with Gasteiger partial charge in [-0.25, -0.2) is 8.42 Å². The number of anilines is 1. The van der Waals surface area contributed by atoms with Gasteiger partial charge in [-0.05, 0) is 60.7 Å². The number of carbonyl (C=O) groups excluding carboxylic acids is 2. The minimum atomic E-state index is -3.80. The lowest BCUT2D eigenvalue weighted by Gasteiger charge is -2.35. The number of hydrogen-bond donors (Lipinski definition) is 1. The number of carbonyl (C=O) groups is 2. The zero-order valence-electron chi connectivity index (χ0n) is 23.6. The van der Waals surface area contributed by atoms with Crippen molar-refractivity contribution in [1.29, 1.82) is 0 Å². The van der Waals surface area contributed by atoms with E-state index in [0.717, 1.165) is 59.4 Å². The molecular weight excluding hydrogens is 558 g/mol. The highest BCUT2D eigenvalue weighted by molar-refractivity contribution is 7.92. The summed E-state index contributed by atoms with van der Waals surface area (Å²) < 4.78 is 26.9. The van der Waals surface area contributed by atoms with Crippen LogP contribution in [-0.4, -0.2) is 50.0 Å². The van der Waals surface area contributed by atoms with E-state index in [1.807, 2.05) is 55.5 Å². The summed E-state index contributed by atoms with van der Waals surface area (Å²) in [4.78, 5) is 29.6. The second-order valence-electron chi connectivity index (χ2n) is 10.8. The monoisotopic (exact) mass is 595 g/mol. The highest BCUT2D eigenvalue weighted by atomic mass is 35.5. The van der Waals surface area contributed by atoms with E-state index in [9.17, 15) is 18.0 Å². The quantitative estimate of drug-likeness (QED) is 0.317. The number of aryl methyl sites for hydroxylation is 1. The van der Waals surface area contributed by atoms with E-state index < -0.39 is 28.5 Å². The molecule has 0 aliphatic heterocycles. The van der Waals surface area contributed by atoms with Gasteiger partial charge in [-0.1, -0.05) is 85.5 Å². The molecule has 1 aliphatic carbocycles. The van der Waals surface area contributed by atoms with Crippen molar-refractivity contribution in [2.45, 2.75) is 64.1 Å². The zero-order valence-corrected chi connectivity index (χ0v) is 25.2. The maximum atomic E-state index is 14.2. The fourth-order valence-corrected chi connectivity index (χ4v) is 6.25. The highest BCUT2D eigenvalue weighted by Gasteiger charge is 2.34. The predicted octanol–water partition coefficient (Wildman–Crippen LogP) is 5.50. The first-order valence-electron chi connectivity index (χ1n) is 14.0. The second-order valence-corrected chi connectivity index (χ2v) is 13.1. The first kappa shape index (κ1) is 30.6. The van der Waals surface area contributed by atoms with E-state index in [-0.39, 0.29) is 18.5 Å². The standard InChI is InChI=1S/C32H38ClN3O4S/c1-24-10-9-15-29(20-24)36(41(2,39)40)23-31(37)35(22-26-16-18-27(33)19-17-26)30(21-25-11-5-3-6-12-25)32(38)34-28-13-7-4-8-14-28/h3,5-6,9-12,15-20,28,30H,4,7-8,13-14,21-23H2,1-2H3,(H,34,38)/t30-/m0/s1. The third kappa shape index (κ3) is 8.81.